The molecule has 3 N–H and O–H groups in total. The average Bonchev–Trinajstić information content (AvgIpc) is 2.75. The number of piperidine rings is 1. The number of likely N-dealkylation sites (tertiary alicyclic amines) is 1. The van der Waals surface area contributed by atoms with Crippen molar-refractivity contribution in [1.29, 1.82) is 0 Å². The van der Waals surface area contributed by atoms with Gasteiger partial charge in [-0.3, -0.25) is 4.79 Å². The lowest BCUT2D eigenvalue weighted by Gasteiger charge is -2.37. The zero-order valence-electron chi connectivity index (χ0n) is 14.1. The van der Waals surface area contributed by atoms with Crippen LogP contribution in [0.1, 0.15) is 52.9 Å². The summed E-state index contributed by atoms with van der Waals surface area (Å²) in [5, 5.41) is 3.13. The highest BCUT2D eigenvalue weighted by atomic mass is 35.5. The SMILES string of the molecule is CC1CC(C)CN(CC(C)NC(=O)C2(N)CCCC2)C1.Cl.Cl. The fraction of sp³-hybridized carbons (Fsp3) is 0.938. The molecule has 22 heavy (non-hydrogen) atoms. The van der Waals surface area contributed by atoms with Gasteiger partial charge in [0.25, 0.3) is 0 Å². The quantitative estimate of drug-likeness (QED) is 0.816. The van der Waals surface area contributed by atoms with Crippen LogP contribution in [0.15, 0.2) is 0 Å². The number of carbonyl (C=O) groups excluding carboxylic acids is 1. The van der Waals surface area contributed by atoms with E-state index in [1.54, 1.807) is 0 Å². The van der Waals surface area contributed by atoms with Crippen LogP contribution in [-0.4, -0.2) is 42.0 Å². The topological polar surface area (TPSA) is 58.4 Å². The lowest BCUT2D eigenvalue weighted by molar-refractivity contribution is -0.127. The molecule has 0 aromatic rings. The van der Waals surface area contributed by atoms with Crippen LogP contribution in [-0.2, 0) is 4.79 Å². The van der Waals surface area contributed by atoms with Crippen molar-refractivity contribution in [2.75, 3.05) is 19.6 Å². The number of nitrogens with one attached hydrogen (secondary N) is 1. The highest BCUT2D eigenvalue weighted by Gasteiger charge is 2.37. The first-order chi connectivity index (χ1) is 9.39. The van der Waals surface area contributed by atoms with Crippen molar-refractivity contribution in [3.05, 3.63) is 0 Å². The molecule has 0 aromatic carbocycles. The molecule has 2 aliphatic rings. The summed E-state index contributed by atoms with van der Waals surface area (Å²) in [5.41, 5.74) is 5.60. The van der Waals surface area contributed by atoms with E-state index in [9.17, 15) is 4.79 Å². The molecule has 0 radical (unpaired) electrons. The number of nitrogens with zero attached hydrogens (tertiary/aromatic N) is 1. The summed E-state index contributed by atoms with van der Waals surface area (Å²) in [4.78, 5) is 14.8. The van der Waals surface area contributed by atoms with E-state index in [-0.39, 0.29) is 36.8 Å². The fourth-order valence-electron chi connectivity index (χ4n) is 3.97. The summed E-state index contributed by atoms with van der Waals surface area (Å²) in [6.45, 7) is 9.98. The minimum Gasteiger partial charge on any atom is -0.351 e. The molecule has 2 rings (SSSR count). The largest absolute Gasteiger partial charge is 0.351 e. The molecule has 0 aromatic heterocycles. The van der Waals surface area contributed by atoms with Crippen molar-refractivity contribution < 1.29 is 4.79 Å². The summed E-state index contributed by atoms with van der Waals surface area (Å²) in [7, 11) is 0. The van der Waals surface area contributed by atoms with Crippen LogP contribution < -0.4 is 11.1 Å². The summed E-state index contributed by atoms with van der Waals surface area (Å²) in [6.07, 6.45) is 5.16. The molecule has 1 saturated carbocycles. The molecule has 1 aliphatic carbocycles. The molecule has 1 saturated heterocycles. The second-order valence-corrected chi connectivity index (χ2v) is 7.40. The van der Waals surface area contributed by atoms with Gasteiger partial charge in [-0.05, 0) is 38.0 Å². The molecule has 1 aliphatic heterocycles. The molecular formula is C16H33Cl2N3O. The highest BCUT2D eigenvalue weighted by molar-refractivity contribution is 5.86. The summed E-state index contributed by atoms with van der Waals surface area (Å²) >= 11 is 0. The maximum absolute atomic E-state index is 12.3. The van der Waals surface area contributed by atoms with Crippen molar-refractivity contribution in [2.45, 2.75) is 64.5 Å². The molecule has 3 unspecified atom stereocenters. The van der Waals surface area contributed by atoms with Gasteiger partial charge in [-0.15, -0.1) is 24.8 Å². The zero-order chi connectivity index (χ0) is 14.8. The number of carbonyl (C=O) groups is 1. The summed E-state index contributed by atoms with van der Waals surface area (Å²) < 4.78 is 0. The molecule has 6 heteroatoms. The first-order valence-electron chi connectivity index (χ1n) is 8.21. The molecule has 0 spiro atoms. The van der Waals surface area contributed by atoms with Crippen LogP contribution in [0.3, 0.4) is 0 Å². The lowest BCUT2D eigenvalue weighted by atomic mass is 9.91. The minimum absolute atomic E-state index is 0. The van der Waals surface area contributed by atoms with Gasteiger partial charge in [0.15, 0.2) is 0 Å². The van der Waals surface area contributed by atoms with Crippen molar-refractivity contribution >= 4 is 30.7 Å². The van der Waals surface area contributed by atoms with Crippen molar-refractivity contribution in [1.82, 2.24) is 10.2 Å². The Morgan fingerprint density at radius 2 is 1.73 bits per heavy atom. The van der Waals surface area contributed by atoms with E-state index in [1.807, 2.05) is 0 Å². The Morgan fingerprint density at radius 1 is 1.23 bits per heavy atom. The van der Waals surface area contributed by atoms with E-state index in [2.05, 4.69) is 31.0 Å². The van der Waals surface area contributed by atoms with Crippen molar-refractivity contribution in [2.24, 2.45) is 17.6 Å². The Hall–Kier alpha value is -0.0300. The molecule has 1 heterocycles. The average molecular weight is 354 g/mol. The second-order valence-electron chi connectivity index (χ2n) is 7.40. The third-order valence-corrected chi connectivity index (χ3v) is 4.80. The smallest absolute Gasteiger partial charge is 0.240 e. The molecule has 4 nitrogen and oxygen atoms in total. The van der Waals surface area contributed by atoms with Crippen LogP contribution in [0, 0.1) is 11.8 Å². The number of hydrogen-bond donors (Lipinski definition) is 2. The van der Waals surface area contributed by atoms with Gasteiger partial charge in [-0.1, -0.05) is 26.7 Å². The Morgan fingerprint density at radius 3 is 2.23 bits per heavy atom. The molecular weight excluding hydrogens is 321 g/mol. The number of halogens is 2. The highest BCUT2D eigenvalue weighted by Crippen LogP contribution is 2.27. The Balaban J connectivity index is 0.00000220. The normalized spacial score (nSPS) is 29.1. The maximum atomic E-state index is 12.3. The predicted molar refractivity (Wildman–Crippen MR) is 96.9 cm³/mol. The van der Waals surface area contributed by atoms with E-state index >= 15 is 0 Å². The summed E-state index contributed by atoms with van der Waals surface area (Å²) in [6, 6.07) is 0.182. The number of hydrogen-bond acceptors (Lipinski definition) is 3. The van der Waals surface area contributed by atoms with Gasteiger partial charge in [-0.25, -0.2) is 0 Å². The Kier molecular flexibility index (Phi) is 9.30. The molecule has 0 bridgehead atoms. The Bertz CT molecular complexity index is 338. The zero-order valence-corrected chi connectivity index (χ0v) is 15.8. The van der Waals surface area contributed by atoms with Gasteiger partial charge >= 0.3 is 0 Å². The second kappa shape index (κ2) is 9.31. The van der Waals surface area contributed by atoms with Gasteiger partial charge in [0.05, 0.1) is 5.54 Å². The molecule has 2 fully saturated rings. The van der Waals surface area contributed by atoms with Gasteiger partial charge in [0.1, 0.15) is 0 Å². The standard InChI is InChI=1S/C16H31N3O.2ClH/c1-12-8-13(2)10-19(9-12)11-14(3)18-15(20)16(17)6-4-5-7-16;;/h12-14H,4-11,17H2,1-3H3,(H,18,20);2*1H. The Labute approximate surface area is 147 Å². The van der Waals surface area contributed by atoms with Crippen molar-refractivity contribution in [3.8, 4) is 0 Å². The van der Waals surface area contributed by atoms with Gasteiger partial charge in [-0.2, -0.15) is 0 Å². The van der Waals surface area contributed by atoms with E-state index < -0.39 is 5.54 Å². The monoisotopic (exact) mass is 353 g/mol. The van der Waals surface area contributed by atoms with E-state index in [1.165, 1.54) is 6.42 Å². The lowest BCUT2D eigenvalue weighted by Crippen LogP contribution is -2.56. The van der Waals surface area contributed by atoms with Crippen LogP contribution >= 0.6 is 24.8 Å². The first-order valence-corrected chi connectivity index (χ1v) is 8.21. The molecule has 3 atom stereocenters. The van der Waals surface area contributed by atoms with Gasteiger partial charge in [0, 0.05) is 25.7 Å². The van der Waals surface area contributed by atoms with Crippen LogP contribution in [0.2, 0.25) is 0 Å². The number of nitrogens with two attached hydrogens (primary N) is 1. The van der Waals surface area contributed by atoms with Crippen LogP contribution in [0.5, 0.6) is 0 Å². The van der Waals surface area contributed by atoms with Gasteiger partial charge in [0.2, 0.25) is 5.91 Å². The summed E-state index contributed by atoms with van der Waals surface area (Å²) in [5.74, 6) is 1.58. The van der Waals surface area contributed by atoms with Crippen molar-refractivity contribution in [3.63, 3.8) is 0 Å². The van der Waals surface area contributed by atoms with Crippen LogP contribution in [0.4, 0.5) is 0 Å². The predicted octanol–water partition coefficient (Wildman–Crippen LogP) is 2.58. The third kappa shape index (κ3) is 5.88. The van der Waals surface area contributed by atoms with Crippen LogP contribution in [0.25, 0.3) is 0 Å². The fourth-order valence-corrected chi connectivity index (χ4v) is 3.97. The van der Waals surface area contributed by atoms with E-state index in [4.69, 9.17) is 5.73 Å². The maximum Gasteiger partial charge on any atom is 0.240 e. The first kappa shape index (κ1) is 22.0. The van der Waals surface area contributed by atoms with E-state index in [0.29, 0.717) is 0 Å². The molecule has 132 valence electrons. The molecule has 1 amide bonds. The number of amides is 1. The van der Waals surface area contributed by atoms with E-state index in [0.717, 1.165) is 57.2 Å². The third-order valence-electron chi connectivity index (χ3n) is 4.80. The minimum atomic E-state index is -0.600. The number of rotatable bonds is 4. The van der Waals surface area contributed by atoms with Gasteiger partial charge < -0.3 is 16.0 Å².